The third kappa shape index (κ3) is 5.94. The minimum absolute atomic E-state index is 0.0217. The number of ether oxygens (including phenoxy) is 1. The van der Waals surface area contributed by atoms with Crippen LogP contribution in [0.5, 0.6) is 0 Å². The van der Waals surface area contributed by atoms with Gasteiger partial charge in [-0.3, -0.25) is 9.59 Å². The summed E-state index contributed by atoms with van der Waals surface area (Å²) < 4.78 is 6.00. The molecule has 0 aromatic rings. The van der Waals surface area contributed by atoms with Crippen molar-refractivity contribution >= 4 is 11.8 Å². The zero-order chi connectivity index (χ0) is 30.7. The van der Waals surface area contributed by atoms with Crippen LogP contribution in [0.25, 0.3) is 0 Å². The highest BCUT2D eigenvalue weighted by Gasteiger charge is 2.76. The maximum Gasteiger partial charge on any atom is 0.306 e. The number of carbonyl (C=O) groups is 2. The summed E-state index contributed by atoms with van der Waals surface area (Å²) >= 11 is 0. The fourth-order valence-corrected chi connectivity index (χ4v) is 9.05. The molecule has 0 amide bonds. The van der Waals surface area contributed by atoms with E-state index in [0.29, 0.717) is 23.5 Å². The SMILES string of the molecule is CCCCCCCCCCCCCCCC(=O)O[C@@H]1C(CO)=C[C@@H]2C(=O)[C@]3(C=C(C)[C@H](O)[C@@]13O)[C@H](C)C[C@@H]1[C@H]2C1(C)C. The number of hydrogen-bond donors (Lipinski definition) is 3. The third-order valence-electron chi connectivity index (χ3n) is 11.6. The van der Waals surface area contributed by atoms with Crippen LogP contribution in [0, 0.1) is 34.5 Å². The fourth-order valence-electron chi connectivity index (χ4n) is 9.05. The number of hydrogen-bond acceptors (Lipinski definition) is 6. The lowest BCUT2D eigenvalue weighted by Gasteiger charge is -2.49. The summed E-state index contributed by atoms with van der Waals surface area (Å²) in [5, 5.41) is 34.4. The van der Waals surface area contributed by atoms with E-state index in [-0.39, 0.29) is 29.5 Å². The zero-order valence-corrected chi connectivity index (χ0v) is 27.0. The second kappa shape index (κ2) is 13.6. The molecule has 2 fully saturated rings. The molecule has 238 valence electrons. The predicted octanol–water partition coefficient (Wildman–Crippen LogP) is 6.85. The largest absolute Gasteiger partial charge is 0.454 e. The molecule has 4 rings (SSSR count). The molecule has 0 radical (unpaired) electrons. The quantitative estimate of drug-likeness (QED) is 0.104. The zero-order valence-electron chi connectivity index (χ0n) is 27.0. The van der Waals surface area contributed by atoms with Crippen molar-refractivity contribution in [1.29, 1.82) is 0 Å². The first-order valence-electron chi connectivity index (χ1n) is 17.1. The number of unbranched alkanes of at least 4 members (excludes halogenated alkanes) is 12. The second-order valence-electron chi connectivity index (χ2n) is 14.7. The van der Waals surface area contributed by atoms with Crippen LogP contribution in [-0.2, 0) is 14.3 Å². The Morgan fingerprint density at radius 1 is 0.976 bits per heavy atom. The molecule has 0 saturated heterocycles. The molecule has 4 aliphatic rings. The molecule has 0 unspecified atom stereocenters. The molecule has 3 N–H and O–H groups in total. The first-order valence-corrected chi connectivity index (χ1v) is 17.1. The van der Waals surface area contributed by atoms with Gasteiger partial charge in [-0.15, -0.1) is 0 Å². The van der Waals surface area contributed by atoms with Crippen molar-refractivity contribution in [3.63, 3.8) is 0 Å². The molecule has 0 aromatic heterocycles. The van der Waals surface area contributed by atoms with Crippen LogP contribution in [0.4, 0.5) is 0 Å². The highest BCUT2D eigenvalue weighted by molar-refractivity contribution is 5.95. The number of aliphatic hydroxyl groups is 3. The normalized spacial score (nSPS) is 36.3. The molecule has 6 nitrogen and oxygen atoms in total. The van der Waals surface area contributed by atoms with E-state index in [2.05, 4.69) is 20.8 Å². The van der Waals surface area contributed by atoms with Gasteiger partial charge in [0.1, 0.15) is 6.10 Å². The van der Waals surface area contributed by atoms with Gasteiger partial charge in [0.25, 0.3) is 0 Å². The van der Waals surface area contributed by atoms with E-state index in [4.69, 9.17) is 4.74 Å². The number of aliphatic hydroxyl groups excluding tert-OH is 2. The number of fused-ring (bicyclic) bond motifs is 3. The number of ketones is 1. The van der Waals surface area contributed by atoms with Gasteiger partial charge in [0, 0.05) is 12.3 Å². The lowest BCUT2D eigenvalue weighted by atomic mass is 9.59. The van der Waals surface area contributed by atoms with Crippen LogP contribution >= 0.6 is 0 Å². The van der Waals surface area contributed by atoms with Gasteiger partial charge in [0.15, 0.2) is 17.5 Å². The maximum absolute atomic E-state index is 14.4. The Hall–Kier alpha value is -1.50. The van der Waals surface area contributed by atoms with Gasteiger partial charge in [0.05, 0.1) is 12.0 Å². The molecule has 4 aliphatic carbocycles. The molecule has 2 bridgehead atoms. The van der Waals surface area contributed by atoms with Gasteiger partial charge in [-0.2, -0.15) is 0 Å². The minimum atomic E-state index is -2.05. The van der Waals surface area contributed by atoms with Crippen LogP contribution in [0.3, 0.4) is 0 Å². The molecule has 0 aromatic carbocycles. The number of rotatable bonds is 16. The Morgan fingerprint density at radius 3 is 2.07 bits per heavy atom. The molecule has 6 heteroatoms. The Labute approximate surface area is 254 Å². The van der Waals surface area contributed by atoms with Crippen molar-refractivity contribution in [1.82, 2.24) is 0 Å². The number of carbonyl (C=O) groups excluding carboxylic acids is 2. The van der Waals surface area contributed by atoms with Gasteiger partial charge >= 0.3 is 5.97 Å². The van der Waals surface area contributed by atoms with Crippen LogP contribution in [-0.4, -0.2) is 51.5 Å². The Bertz CT molecular complexity index is 1030. The van der Waals surface area contributed by atoms with E-state index in [1.54, 1.807) is 19.1 Å². The van der Waals surface area contributed by atoms with Gasteiger partial charge in [-0.1, -0.05) is 117 Å². The van der Waals surface area contributed by atoms with Gasteiger partial charge in [-0.05, 0) is 54.1 Å². The molecule has 8 atom stereocenters. The highest BCUT2D eigenvalue weighted by Crippen LogP contribution is 2.71. The summed E-state index contributed by atoms with van der Waals surface area (Å²) in [6, 6.07) is 0. The van der Waals surface area contributed by atoms with Crippen molar-refractivity contribution in [3.05, 3.63) is 23.3 Å². The lowest BCUT2D eigenvalue weighted by Crippen LogP contribution is -2.66. The average molecular weight is 587 g/mol. The van der Waals surface area contributed by atoms with E-state index in [1.807, 2.05) is 6.92 Å². The number of esters is 1. The summed E-state index contributed by atoms with van der Waals surface area (Å²) in [7, 11) is 0. The summed E-state index contributed by atoms with van der Waals surface area (Å²) in [6.07, 6.45) is 17.6. The Morgan fingerprint density at radius 2 is 1.52 bits per heavy atom. The first-order chi connectivity index (χ1) is 20.0. The van der Waals surface area contributed by atoms with Crippen LogP contribution in [0.15, 0.2) is 23.3 Å². The Balaban J connectivity index is 1.35. The van der Waals surface area contributed by atoms with Crippen molar-refractivity contribution in [2.24, 2.45) is 34.5 Å². The van der Waals surface area contributed by atoms with Crippen molar-refractivity contribution < 1.29 is 29.6 Å². The third-order valence-corrected chi connectivity index (χ3v) is 11.6. The smallest absolute Gasteiger partial charge is 0.306 e. The van der Waals surface area contributed by atoms with Crippen LogP contribution in [0.2, 0.25) is 0 Å². The molecular formula is C36H58O6. The molecular weight excluding hydrogens is 528 g/mol. The lowest BCUT2D eigenvalue weighted by molar-refractivity contribution is -0.204. The maximum atomic E-state index is 14.4. The van der Waals surface area contributed by atoms with Gasteiger partial charge in [-0.25, -0.2) is 0 Å². The van der Waals surface area contributed by atoms with Crippen molar-refractivity contribution in [2.45, 2.75) is 149 Å². The number of allylic oxidation sites excluding steroid dienone is 1. The summed E-state index contributed by atoms with van der Waals surface area (Å²) in [5.74, 6) is -0.904. The van der Waals surface area contributed by atoms with E-state index in [9.17, 15) is 24.9 Å². The monoisotopic (exact) mass is 586 g/mol. The molecule has 0 aliphatic heterocycles. The van der Waals surface area contributed by atoms with E-state index in [0.717, 1.165) is 19.3 Å². The summed E-state index contributed by atoms with van der Waals surface area (Å²) in [6.45, 7) is 9.88. The number of Topliss-reactive ketones (excluding diaryl/α,β-unsaturated/α-hetero) is 1. The summed E-state index contributed by atoms with van der Waals surface area (Å²) in [5.41, 5.74) is -2.61. The summed E-state index contributed by atoms with van der Waals surface area (Å²) in [4.78, 5) is 27.6. The van der Waals surface area contributed by atoms with Crippen molar-refractivity contribution in [3.8, 4) is 0 Å². The predicted molar refractivity (Wildman–Crippen MR) is 166 cm³/mol. The molecule has 1 spiro atoms. The minimum Gasteiger partial charge on any atom is -0.454 e. The topological polar surface area (TPSA) is 104 Å². The van der Waals surface area contributed by atoms with E-state index in [1.165, 1.54) is 64.2 Å². The molecule has 2 saturated carbocycles. The van der Waals surface area contributed by atoms with E-state index < -0.39 is 41.7 Å². The van der Waals surface area contributed by atoms with Gasteiger partial charge < -0.3 is 20.1 Å². The van der Waals surface area contributed by atoms with Crippen LogP contribution < -0.4 is 0 Å². The van der Waals surface area contributed by atoms with Crippen molar-refractivity contribution in [2.75, 3.05) is 6.61 Å². The van der Waals surface area contributed by atoms with Gasteiger partial charge in [0.2, 0.25) is 0 Å². The van der Waals surface area contributed by atoms with Crippen LogP contribution in [0.1, 0.15) is 131 Å². The van der Waals surface area contributed by atoms with E-state index >= 15 is 0 Å². The Kier molecular flexibility index (Phi) is 10.9. The molecule has 42 heavy (non-hydrogen) atoms. The first kappa shape index (κ1) is 33.4. The highest BCUT2D eigenvalue weighted by atomic mass is 16.6. The second-order valence-corrected chi connectivity index (χ2v) is 14.7. The standard InChI is InChI=1S/C36H58O6/c1-6-7-8-9-10-11-12-13-14-15-16-17-18-19-29(38)42-33-26(23-37)21-27-30-28(34(30,4)5)20-25(3)35(32(27)40)22-24(2)31(39)36(33,35)41/h21-22,25,27-28,30-31,33,37,39,41H,6-20,23H2,1-5H3/t25-,27+,28-,30+,31+,33-,35+,36-/m1/s1. The average Bonchev–Trinajstić information content (AvgIpc) is 3.46. The fraction of sp³-hybridized carbons (Fsp3) is 0.833. The molecule has 0 heterocycles.